The van der Waals surface area contributed by atoms with Crippen molar-refractivity contribution in [2.75, 3.05) is 6.54 Å². The van der Waals surface area contributed by atoms with Crippen LogP contribution in [0, 0.1) is 5.92 Å². The number of amides is 1. The normalized spacial score (nSPS) is 14.9. The molecule has 0 atom stereocenters. The van der Waals surface area contributed by atoms with Gasteiger partial charge in [0.2, 0.25) is 5.56 Å². The highest BCUT2D eigenvalue weighted by Crippen LogP contribution is 2.31. The predicted octanol–water partition coefficient (Wildman–Crippen LogP) is 0.905. The first kappa shape index (κ1) is 9.96. The number of rotatable bonds is 4. The van der Waals surface area contributed by atoms with Gasteiger partial charge in [0.15, 0.2) is 0 Å². The van der Waals surface area contributed by atoms with Crippen LogP contribution in [0.3, 0.4) is 0 Å². The number of hydrogen-bond acceptors (Lipinski definition) is 2. The zero-order valence-electron chi connectivity index (χ0n) is 8.45. The molecule has 1 saturated carbocycles. The molecule has 2 N–H and O–H groups in total. The maximum atomic E-state index is 11.5. The second kappa shape index (κ2) is 4.29. The first-order valence-corrected chi connectivity index (χ1v) is 5.22. The Morgan fingerprint density at radius 2 is 2.27 bits per heavy atom. The van der Waals surface area contributed by atoms with Crippen LogP contribution in [0.1, 0.15) is 29.6 Å². The first-order valence-electron chi connectivity index (χ1n) is 5.22. The Hall–Kier alpha value is -1.58. The SMILES string of the molecule is O=C(NCCC1CC1)c1ccc(=O)[nH]c1. The summed E-state index contributed by atoms with van der Waals surface area (Å²) in [5.74, 6) is 0.702. The molecule has 2 rings (SSSR count). The number of pyridine rings is 1. The van der Waals surface area contributed by atoms with E-state index in [0.717, 1.165) is 18.9 Å². The smallest absolute Gasteiger partial charge is 0.252 e. The molecule has 1 aromatic heterocycles. The number of aromatic amines is 1. The van der Waals surface area contributed by atoms with Gasteiger partial charge >= 0.3 is 0 Å². The number of H-pyrrole nitrogens is 1. The van der Waals surface area contributed by atoms with Crippen molar-refractivity contribution in [3.63, 3.8) is 0 Å². The van der Waals surface area contributed by atoms with E-state index < -0.39 is 0 Å². The fraction of sp³-hybridized carbons (Fsp3) is 0.455. The van der Waals surface area contributed by atoms with Crippen LogP contribution >= 0.6 is 0 Å². The third-order valence-electron chi connectivity index (χ3n) is 2.58. The van der Waals surface area contributed by atoms with Crippen LogP contribution < -0.4 is 10.9 Å². The molecule has 15 heavy (non-hydrogen) atoms. The number of aromatic nitrogens is 1. The van der Waals surface area contributed by atoms with E-state index in [1.54, 1.807) is 0 Å². The molecule has 0 spiro atoms. The molecule has 0 aliphatic heterocycles. The molecule has 0 radical (unpaired) electrons. The second-order valence-electron chi connectivity index (χ2n) is 3.93. The van der Waals surface area contributed by atoms with Crippen molar-refractivity contribution in [3.05, 3.63) is 34.2 Å². The molecule has 1 fully saturated rings. The van der Waals surface area contributed by atoms with E-state index in [1.165, 1.54) is 31.2 Å². The standard InChI is InChI=1S/C11H14N2O2/c14-10-4-3-9(7-13-10)11(15)12-6-5-8-1-2-8/h3-4,7-8H,1-2,5-6H2,(H,12,15)(H,13,14). The molecule has 4 heteroatoms. The molecule has 0 aromatic carbocycles. The molecule has 1 aliphatic carbocycles. The highest BCUT2D eigenvalue weighted by Gasteiger charge is 2.20. The van der Waals surface area contributed by atoms with Gasteiger partial charge in [0.25, 0.3) is 5.91 Å². The monoisotopic (exact) mass is 206 g/mol. The number of nitrogens with one attached hydrogen (secondary N) is 2. The fourth-order valence-electron chi connectivity index (χ4n) is 1.45. The van der Waals surface area contributed by atoms with Crippen LogP contribution in [-0.2, 0) is 0 Å². The third kappa shape index (κ3) is 2.94. The quantitative estimate of drug-likeness (QED) is 0.769. The number of hydrogen-bond donors (Lipinski definition) is 2. The van der Waals surface area contributed by atoms with E-state index in [-0.39, 0.29) is 11.5 Å². The Morgan fingerprint density at radius 3 is 2.87 bits per heavy atom. The summed E-state index contributed by atoms with van der Waals surface area (Å²) in [7, 11) is 0. The minimum absolute atomic E-state index is 0.119. The largest absolute Gasteiger partial charge is 0.352 e. The van der Waals surface area contributed by atoms with Crippen LogP contribution in [-0.4, -0.2) is 17.4 Å². The van der Waals surface area contributed by atoms with Gasteiger partial charge in [0, 0.05) is 18.8 Å². The van der Waals surface area contributed by atoms with Crippen molar-refractivity contribution >= 4 is 5.91 Å². The Bertz CT molecular complexity index is 387. The molecule has 1 amide bonds. The Balaban J connectivity index is 1.83. The summed E-state index contributed by atoms with van der Waals surface area (Å²) >= 11 is 0. The lowest BCUT2D eigenvalue weighted by atomic mass is 10.2. The summed E-state index contributed by atoms with van der Waals surface area (Å²) in [6.07, 6.45) is 5.10. The third-order valence-corrected chi connectivity index (χ3v) is 2.58. The Kier molecular flexibility index (Phi) is 2.85. The molecule has 0 saturated heterocycles. The van der Waals surface area contributed by atoms with E-state index >= 15 is 0 Å². The Labute approximate surface area is 87.7 Å². The minimum Gasteiger partial charge on any atom is -0.352 e. The molecular formula is C11H14N2O2. The lowest BCUT2D eigenvalue weighted by molar-refractivity contribution is 0.0952. The van der Waals surface area contributed by atoms with E-state index in [9.17, 15) is 9.59 Å². The average molecular weight is 206 g/mol. The van der Waals surface area contributed by atoms with E-state index in [4.69, 9.17) is 0 Å². The van der Waals surface area contributed by atoms with Gasteiger partial charge in [-0.2, -0.15) is 0 Å². The van der Waals surface area contributed by atoms with E-state index in [0.29, 0.717) is 5.56 Å². The maximum absolute atomic E-state index is 11.5. The summed E-state index contributed by atoms with van der Waals surface area (Å²) in [5, 5.41) is 2.83. The molecule has 1 heterocycles. The predicted molar refractivity (Wildman–Crippen MR) is 56.7 cm³/mol. The molecule has 0 bridgehead atoms. The molecule has 1 aromatic rings. The zero-order chi connectivity index (χ0) is 10.7. The second-order valence-corrected chi connectivity index (χ2v) is 3.93. The van der Waals surface area contributed by atoms with Crippen LogP contribution in [0.15, 0.2) is 23.1 Å². The summed E-state index contributed by atoms with van der Waals surface area (Å²) < 4.78 is 0. The molecule has 4 nitrogen and oxygen atoms in total. The highest BCUT2D eigenvalue weighted by atomic mass is 16.1. The van der Waals surface area contributed by atoms with Crippen molar-refractivity contribution in [2.45, 2.75) is 19.3 Å². The van der Waals surface area contributed by atoms with Crippen molar-refractivity contribution in [3.8, 4) is 0 Å². The fourth-order valence-corrected chi connectivity index (χ4v) is 1.45. The topological polar surface area (TPSA) is 62.0 Å². The zero-order valence-corrected chi connectivity index (χ0v) is 8.45. The lowest BCUT2D eigenvalue weighted by Gasteiger charge is -2.03. The highest BCUT2D eigenvalue weighted by molar-refractivity contribution is 5.93. The van der Waals surface area contributed by atoms with Gasteiger partial charge in [-0.25, -0.2) is 0 Å². The van der Waals surface area contributed by atoms with Gasteiger partial charge in [-0.3, -0.25) is 9.59 Å². The molecular weight excluding hydrogens is 192 g/mol. The van der Waals surface area contributed by atoms with Crippen molar-refractivity contribution < 1.29 is 4.79 Å². The van der Waals surface area contributed by atoms with Gasteiger partial charge in [0.05, 0.1) is 5.56 Å². The van der Waals surface area contributed by atoms with Crippen LogP contribution in [0.5, 0.6) is 0 Å². The molecule has 80 valence electrons. The van der Waals surface area contributed by atoms with Gasteiger partial charge in [-0.1, -0.05) is 12.8 Å². The van der Waals surface area contributed by atoms with E-state index in [1.807, 2.05) is 0 Å². The van der Waals surface area contributed by atoms with Gasteiger partial charge in [-0.15, -0.1) is 0 Å². The summed E-state index contributed by atoms with van der Waals surface area (Å²) in [4.78, 5) is 24.8. The van der Waals surface area contributed by atoms with Crippen molar-refractivity contribution in [1.82, 2.24) is 10.3 Å². The van der Waals surface area contributed by atoms with Gasteiger partial charge < -0.3 is 10.3 Å². The first-order chi connectivity index (χ1) is 7.25. The van der Waals surface area contributed by atoms with Crippen molar-refractivity contribution in [1.29, 1.82) is 0 Å². The van der Waals surface area contributed by atoms with Crippen molar-refractivity contribution in [2.24, 2.45) is 5.92 Å². The van der Waals surface area contributed by atoms with Crippen LogP contribution in [0.25, 0.3) is 0 Å². The van der Waals surface area contributed by atoms with Crippen LogP contribution in [0.4, 0.5) is 0 Å². The maximum Gasteiger partial charge on any atom is 0.252 e. The summed E-state index contributed by atoms with van der Waals surface area (Å²) in [5.41, 5.74) is 0.315. The summed E-state index contributed by atoms with van der Waals surface area (Å²) in [6.45, 7) is 0.725. The van der Waals surface area contributed by atoms with Gasteiger partial charge in [-0.05, 0) is 18.4 Å². The van der Waals surface area contributed by atoms with Crippen LogP contribution in [0.2, 0.25) is 0 Å². The summed E-state index contributed by atoms with van der Waals surface area (Å²) in [6, 6.07) is 2.89. The average Bonchev–Trinajstić information content (AvgIpc) is 3.02. The minimum atomic E-state index is -0.190. The molecule has 0 unspecified atom stereocenters. The number of carbonyl (C=O) groups excluding carboxylic acids is 1. The Morgan fingerprint density at radius 1 is 1.47 bits per heavy atom. The van der Waals surface area contributed by atoms with E-state index in [2.05, 4.69) is 10.3 Å². The lowest BCUT2D eigenvalue weighted by Crippen LogP contribution is -2.25. The molecule has 1 aliphatic rings. The van der Waals surface area contributed by atoms with Gasteiger partial charge in [0.1, 0.15) is 0 Å². The number of carbonyl (C=O) groups is 1.